The standard InChI is InChI=1S/C18H18ClN5O/c19-13-5-7-14(8-6-13)22-17-12-16(15-4-1-2-9-20-15)23-18(24-17)21-10-3-11-25/h1-2,4-9,12,25H,3,10-11H2,(H2,21,22,23,24). The zero-order valence-corrected chi connectivity index (χ0v) is 14.2. The van der Waals surface area contributed by atoms with Crippen molar-refractivity contribution < 1.29 is 5.11 Å². The number of aliphatic hydroxyl groups excluding tert-OH is 1. The predicted molar refractivity (Wildman–Crippen MR) is 100 cm³/mol. The molecule has 0 spiro atoms. The number of anilines is 3. The molecule has 2 aromatic heterocycles. The van der Waals surface area contributed by atoms with Crippen LogP contribution in [0.3, 0.4) is 0 Å². The van der Waals surface area contributed by atoms with Gasteiger partial charge in [0, 0.05) is 36.1 Å². The highest BCUT2D eigenvalue weighted by Crippen LogP contribution is 2.23. The number of rotatable bonds is 7. The van der Waals surface area contributed by atoms with Crippen molar-refractivity contribution in [3.63, 3.8) is 0 Å². The Bertz CT molecular complexity index is 811. The molecule has 0 radical (unpaired) electrons. The van der Waals surface area contributed by atoms with Crippen LogP contribution in [0.5, 0.6) is 0 Å². The molecule has 0 aliphatic rings. The smallest absolute Gasteiger partial charge is 0.225 e. The summed E-state index contributed by atoms with van der Waals surface area (Å²) in [6, 6.07) is 14.9. The van der Waals surface area contributed by atoms with Crippen LogP contribution in [0.25, 0.3) is 11.4 Å². The number of nitrogens with zero attached hydrogens (tertiary/aromatic N) is 3. The first-order chi connectivity index (χ1) is 12.2. The van der Waals surface area contributed by atoms with Gasteiger partial charge in [-0.15, -0.1) is 0 Å². The van der Waals surface area contributed by atoms with Gasteiger partial charge < -0.3 is 15.7 Å². The van der Waals surface area contributed by atoms with E-state index in [1.807, 2.05) is 48.5 Å². The van der Waals surface area contributed by atoms with Crippen LogP contribution < -0.4 is 10.6 Å². The van der Waals surface area contributed by atoms with Crippen molar-refractivity contribution in [2.24, 2.45) is 0 Å². The summed E-state index contributed by atoms with van der Waals surface area (Å²) in [7, 11) is 0. The quantitative estimate of drug-likeness (QED) is 0.560. The van der Waals surface area contributed by atoms with Gasteiger partial charge in [0.2, 0.25) is 5.95 Å². The van der Waals surface area contributed by atoms with E-state index in [4.69, 9.17) is 16.7 Å². The second-order valence-corrected chi connectivity index (χ2v) is 5.75. The van der Waals surface area contributed by atoms with Gasteiger partial charge in [0.25, 0.3) is 0 Å². The van der Waals surface area contributed by atoms with Crippen LogP contribution in [0.4, 0.5) is 17.5 Å². The van der Waals surface area contributed by atoms with E-state index in [9.17, 15) is 0 Å². The van der Waals surface area contributed by atoms with Crippen LogP contribution in [-0.4, -0.2) is 33.2 Å². The summed E-state index contributed by atoms with van der Waals surface area (Å²) in [4.78, 5) is 13.3. The second kappa shape index (κ2) is 8.41. The Kier molecular flexibility index (Phi) is 5.77. The number of halogens is 1. The van der Waals surface area contributed by atoms with Crippen molar-refractivity contribution >= 4 is 29.1 Å². The number of benzene rings is 1. The summed E-state index contributed by atoms with van der Waals surface area (Å²) in [6.07, 6.45) is 2.35. The third-order valence-corrected chi connectivity index (χ3v) is 3.64. The molecule has 2 heterocycles. The van der Waals surface area contributed by atoms with E-state index in [1.54, 1.807) is 6.20 Å². The van der Waals surface area contributed by atoms with Gasteiger partial charge in [-0.05, 0) is 42.8 Å². The molecule has 3 aromatic rings. The van der Waals surface area contributed by atoms with Crippen molar-refractivity contribution in [1.82, 2.24) is 15.0 Å². The van der Waals surface area contributed by atoms with Gasteiger partial charge >= 0.3 is 0 Å². The summed E-state index contributed by atoms with van der Waals surface area (Å²) in [5, 5.41) is 16.0. The molecule has 0 saturated carbocycles. The molecule has 0 saturated heterocycles. The molecule has 0 fully saturated rings. The van der Waals surface area contributed by atoms with Crippen molar-refractivity contribution in [1.29, 1.82) is 0 Å². The minimum absolute atomic E-state index is 0.114. The number of nitrogens with one attached hydrogen (secondary N) is 2. The molecular weight excluding hydrogens is 338 g/mol. The summed E-state index contributed by atoms with van der Waals surface area (Å²) < 4.78 is 0. The summed E-state index contributed by atoms with van der Waals surface area (Å²) >= 11 is 5.92. The molecule has 3 rings (SSSR count). The van der Waals surface area contributed by atoms with Crippen molar-refractivity contribution in [2.75, 3.05) is 23.8 Å². The molecule has 0 amide bonds. The molecule has 7 heteroatoms. The highest BCUT2D eigenvalue weighted by molar-refractivity contribution is 6.30. The van der Waals surface area contributed by atoms with Gasteiger partial charge in [0.05, 0.1) is 11.4 Å². The van der Waals surface area contributed by atoms with E-state index >= 15 is 0 Å². The van der Waals surface area contributed by atoms with Gasteiger partial charge in [-0.1, -0.05) is 17.7 Å². The van der Waals surface area contributed by atoms with E-state index < -0.39 is 0 Å². The predicted octanol–water partition coefficient (Wildman–Crippen LogP) is 3.73. The van der Waals surface area contributed by atoms with E-state index in [0.717, 1.165) is 11.4 Å². The van der Waals surface area contributed by atoms with E-state index in [1.165, 1.54) is 0 Å². The third kappa shape index (κ3) is 4.89. The number of hydrogen-bond donors (Lipinski definition) is 3. The van der Waals surface area contributed by atoms with Crippen LogP contribution in [-0.2, 0) is 0 Å². The molecule has 25 heavy (non-hydrogen) atoms. The second-order valence-electron chi connectivity index (χ2n) is 5.31. The third-order valence-electron chi connectivity index (χ3n) is 3.39. The number of pyridine rings is 1. The first kappa shape index (κ1) is 17.1. The molecule has 0 unspecified atom stereocenters. The summed E-state index contributed by atoms with van der Waals surface area (Å²) in [5.74, 6) is 1.12. The number of aromatic nitrogens is 3. The van der Waals surface area contributed by atoms with Crippen molar-refractivity contribution in [3.05, 3.63) is 59.8 Å². The fourth-order valence-electron chi connectivity index (χ4n) is 2.20. The first-order valence-corrected chi connectivity index (χ1v) is 8.30. The lowest BCUT2D eigenvalue weighted by Gasteiger charge is -2.11. The van der Waals surface area contributed by atoms with Crippen molar-refractivity contribution in [3.8, 4) is 11.4 Å². The fraction of sp³-hybridized carbons (Fsp3) is 0.167. The molecular formula is C18H18ClN5O. The SMILES string of the molecule is OCCCNc1nc(Nc2ccc(Cl)cc2)cc(-c2ccccn2)n1. The Morgan fingerprint density at radius 3 is 2.56 bits per heavy atom. The Balaban J connectivity index is 1.89. The van der Waals surface area contributed by atoms with Crippen LogP contribution in [0.2, 0.25) is 5.02 Å². The Labute approximate surface area is 150 Å². The minimum Gasteiger partial charge on any atom is -0.396 e. The van der Waals surface area contributed by atoms with E-state index in [0.29, 0.717) is 35.4 Å². The Hall–Kier alpha value is -2.70. The normalized spacial score (nSPS) is 10.5. The lowest BCUT2D eigenvalue weighted by Crippen LogP contribution is -2.09. The molecule has 6 nitrogen and oxygen atoms in total. The number of aliphatic hydroxyl groups is 1. The maximum Gasteiger partial charge on any atom is 0.225 e. The lowest BCUT2D eigenvalue weighted by atomic mass is 10.2. The molecule has 1 aromatic carbocycles. The first-order valence-electron chi connectivity index (χ1n) is 7.92. The Morgan fingerprint density at radius 2 is 1.84 bits per heavy atom. The van der Waals surface area contributed by atoms with Crippen LogP contribution in [0.15, 0.2) is 54.7 Å². The highest BCUT2D eigenvalue weighted by atomic mass is 35.5. The molecule has 128 valence electrons. The van der Waals surface area contributed by atoms with Gasteiger partial charge in [-0.2, -0.15) is 4.98 Å². The lowest BCUT2D eigenvalue weighted by molar-refractivity contribution is 0.292. The largest absolute Gasteiger partial charge is 0.396 e. The van der Waals surface area contributed by atoms with Gasteiger partial charge in [0.1, 0.15) is 5.82 Å². The monoisotopic (exact) mass is 355 g/mol. The van der Waals surface area contributed by atoms with E-state index in [2.05, 4.69) is 25.6 Å². The maximum absolute atomic E-state index is 8.93. The minimum atomic E-state index is 0.114. The highest BCUT2D eigenvalue weighted by Gasteiger charge is 2.08. The summed E-state index contributed by atoms with van der Waals surface area (Å²) in [6.45, 7) is 0.700. The molecule has 0 aliphatic carbocycles. The summed E-state index contributed by atoms with van der Waals surface area (Å²) in [5.41, 5.74) is 2.34. The maximum atomic E-state index is 8.93. The van der Waals surface area contributed by atoms with E-state index in [-0.39, 0.29) is 6.61 Å². The van der Waals surface area contributed by atoms with Gasteiger partial charge in [-0.3, -0.25) is 4.98 Å². The van der Waals surface area contributed by atoms with Crippen molar-refractivity contribution in [2.45, 2.75) is 6.42 Å². The van der Waals surface area contributed by atoms with Crippen LogP contribution in [0.1, 0.15) is 6.42 Å². The topological polar surface area (TPSA) is 83.0 Å². The zero-order valence-electron chi connectivity index (χ0n) is 13.5. The molecule has 0 atom stereocenters. The van der Waals surface area contributed by atoms with Crippen LogP contribution >= 0.6 is 11.6 Å². The zero-order chi connectivity index (χ0) is 17.5. The molecule has 3 N–H and O–H groups in total. The average molecular weight is 356 g/mol. The average Bonchev–Trinajstić information content (AvgIpc) is 2.64. The number of hydrogen-bond acceptors (Lipinski definition) is 6. The van der Waals surface area contributed by atoms with Gasteiger partial charge in [0.15, 0.2) is 0 Å². The molecule has 0 aliphatic heterocycles. The fourth-order valence-corrected chi connectivity index (χ4v) is 2.32. The van der Waals surface area contributed by atoms with Crippen LogP contribution in [0, 0.1) is 0 Å². The Morgan fingerprint density at radius 1 is 1.00 bits per heavy atom. The van der Waals surface area contributed by atoms with Gasteiger partial charge in [-0.25, -0.2) is 4.98 Å². The molecule has 0 bridgehead atoms.